The van der Waals surface area contributed by atoms with E-state index in [2.05, 4.69) is 0 Å². The molecule has 0 radical (unpaired) electrons. The molecule has 0 spiro atoms. The third-order valence-corrected chi connectivity index (χ3v) is 2.40. The van der Waals surface area contributed by atoms with Crippen molar-refractivity contribution in [1.29, 1.82) is 0 Å². The second kappa shape index (κ2) is 5.35. The van der Waals surface area contributed by atoms with E-state index in [-0.39, 0.29) is 5.75 Å². The van der Waals surface area contributed by atoms with E-state index in [1.54, 1.807) is 0 Å². The molecule has 0 saturated carbocycles. The largest absolute Gasteiger partial charge is 0.493 e. The van der Waals surface area contributed by atoms with E-state index in [0.29, 0.717) is 6.07 Å². The average molecular weight is 280 g/mol. The molecule has 0 fully saturated rings. The summed E-state index contributed by atoms with van der Waals surface area (Å²) in [6.07, 6.45) is -7.20. The first-order valence-corrected chi connectivity index (χ1v) is 4.97. The average Bonchev–Trinajstić information content (AvgIpc) is 2.34. The van der Waals surface area contributed by atoms with Crippen LogP contribution < -0.4 is 9.47 Å². The number of benzene rings is 1. The molecule has 5 nitrogen and oxygen atoms in total. The molecule has 106 valence electrons. The van der Waals surface area contributed by atoms with Crippen molar-refractivity contribution in [2.75, 3.05) is 14.2 Å². The molecule has 1 unspecified atom stereocenters. The van der Waals surface area contributed by atoms with Crippen LogP contribution in [0.25, 0.3) is 0 Å². The third-order valence-electron chi connectivity index (χ3n) is 2.40. The number of ether oxygens (including phenoxy) is 2. The standard InChI is InChI=1S/C11H11F3O5/c1-18-6-4-3-5(11(12,13)14)7(9(6)19-2)8(15)10(16)17/h3-4,8,15H,1-2H3,(H,16,17). The first-order valence-electron chi connectivity index (χ1n) is 4.97. The van der Waals surface area contributed by atoms with Crippen molar-refractivity contribution < 1.29 is 37.7 Å². The van der Waals surface area contributed by atoms with Gasteiger partial charge >= 0.3 is 12.1 Å². The second-order valence-corrected chi connectivity index (χ2v) is 3.50. The molecule has 0 bridgehead atoms. The summed E-state index contributed by atoms with van der Waals surface area (Å²) in [7, 11) is 2.23. The minimum atomic E-state index is -4.83. The van der Waals surface area contributed by atoms with Crippen LogP contribution in [-0.4, -0.2) is 30.4 Å². The van der Waals surface area contributed by atoms with Gasteiger partial charge in [0.15, 0.2) is 17.6 Å². The van der Waals surface area contributed by atoms with E-state index in [1.165, 1.54) is 7.11 Å². The molecule has 1 aromatic carbocycles. The first kappa shape index (κ1) is 15.1. The van der Waals surface area contributed by atoms with Gasteiger partial charge in [-0.25, -0.2) is 4.79 Å². The highest BCUT2D eigenvalue weighted by molar-refractivity contribution is 5.77. The van der Waals surface area contributed by atoms with E-state index in [4.69, 9.17) is 14.6 Å². The Hall–Kier alpha value is -1.96. The quantitative estimate of drug-likeness (QED) is 0.880. The van der Waals surface area contributed by atoms with Gasteiger partial charge in [-0.2, -0.15) is 13.2 Å². The Bertz CT molecular complexity index is 484. The van der Waals surface area contributed by atoms with Gasteiger partial charge in [0.25, 0.3) is 0 Å². The smallest absolute Gasteiger partial charge is 0.416 e. The Morgan fingerprint density at radius 2 is 1.84 bits per heavy atom. The number of carboxylic acid groups (broad SMARTS) is 1. The molecule has 0 aliphatic carbocycles. The number of alkyl halides is 3. The third kappa shape index (κ3) is 2.90. The van der Waals surface area contributed by atoms with E-state index in [0.717, 1.165) is 13.2 Å². The maximum atomic E-state index is 12.8. The maximum Gasteiger partial charge on any atom is 0.416 e. The summed E-state index contributed by atoms with van der Waals surface area (Å²) in [4.78, 5) is 10.7. The van der Waals surface area contributed by atoms with Crippen molar-refractivity contribution in [3.8, 4) is 11.5 Å². The highest BCUT2D eigenvalue weighted by Gasteiger charge is 2.39. The van der Waals surface area contributed by atoms with Gasteiger partial charge in [-0.1, -0.05) is 0 Å². The van der Waals surface area contributed by atoms with Gasteiger partial charge in [-0.3, -0.25) is 0 Å². The molecule has 0 amide bonds. The SMILES string of the molecule is COc1ccc(C(F)(F)F)c(C(O)C(=O)O)c1OC. The molecular formula is C11H11F3O5. The van der Waals surface area contributed by atoms with Crippen molar-refractivity contribution in [3.05, 3.63) is 23.3 Å². The summed E-state index contributed by atoms with van der Waals surface area (Å²) in [5.41, 5.74) is -2.18. The van der Waals surface area contributed by atoms with Crippen LogP contribution >= 0.6 is 0 Å². The summed E-state index contributed by atoms with van der Waals surface area (Å²) in [5.74, 6) is -2.39. The summed E-state index contributed by atoms with van der Waals surface area (Å²) in [5, 5.41) is 18.1. The summed E-state index contributed by atoms with van der Waals surface area (Å²) < 4.78 is 48.0. The number of methoxy groups -OCH3 is 2. The van der Waals surface area contributed by atoms with Gasteiger partial charge in [0.2, 0.25) is 0 Å². The molecule has 0 aliphatic rings. The highest BCUT2D eigenvalue weighted by Crippen LogP contribution is 2.43. The molecule has 1 rings (SSSR count). The Morgan fingerprint density at radius 1 is 1.26 bits per heavy atom. The predicted molar refractivity (Wildman–Crippen MR) is 57.1 cm³/mol. The Morgan fingerprint density at radius 3 is 2.21 bits per heavy atom. The maximum absolute atomic E-state index is 12.8. The van der Waals surface area contributed by atoms with Crippen LogP contribution in [0.4, 0.5) is 13.2 Å². The van der Waals surface area contributed by atoms with Crippen LogP contribution in [0.15, 0.2) is 12.1 Å². The van der Waals surface area contributed by atoms with Crippen LogP contribution in [0, 0.1) is 0 Å². The molecule has 2 N–H and O–H groups in total. The molecule has 0 aromatic heterocycles. The predicted octanol–water partition coefficient (Wildman–Crippen LogP) is 1.84. The van der Waals surface area contributed by atoms with Gasteiger partial charge < -0.3 is 19.7 Å². The zero-order valence-corrected chi connectivity index (χ0v) is 9.99. The van der Waals surface area contributed by atoms with Crippen molar-refractivity contribution in [2.45, 2.75) is 12.3 Å². The normalized spacial score (nSPS) is 12.9. The molecule has 8 heteroatoms. The fourth-order valence-corrected chi connectivity index (χ4v) is 1.59. The molecule has 0 heterocycles. The Kier molecular flexibility index (Phi) is 4.25. The summed E-state index contributed by atoms with van der Waals surface area (Å²) in [6, 6.07) is 1.61. The highest BCUT2D eigenvalue weighted by atomic mass is 19.4. The summed E-state index contributed by atoms with van der Waals surface area (Å²) >= 11 is 0. The van der Waals surface area contributed by atoms with Crippen molar-refractivity contribution in [3.63, 3.8) is 0 Å². The lowest BCUT2D eigenvalue weighted by Crippen LogP contribution is -2.19. The second-order valence-electron chi connectivity index (χ2n) is 3.50. The number of aliphatic hydroxyl groups excluding tert-OH is 1. The number of carboxylic acids is 1. The molecule has 1 atom stereocenters. The lowest BCUT2D eigenvalue weighted by atomic mass is 9.99. The van der Waals surface area contributed by atoms with Crippen LogP contribution in [0.1, 0.15) is 17.2 Å². The van der Waals surface area contributed by atoms with Gasteiger partial charge in [0.05, 0.1) is 19.8 Å². The van der Waals surface area contributed by atoms with Gasteiger partial charge in [0.1, 0.15) is 0 Å². The van der Waals surface area contributed by atoms with Gasteiger partial charge in [-0.15, -0.1) is 0 Å². The molecule has 0 aliphatic heterocycles. The minimum Gasteiger partial charge on any atom is -0.493 e. The molecule has 19 heavy (non-hydrogen) atoms. The lowest BCUT2D eigenvalue weighted by Gasteiger charge is -2.20. The fraction of sp³-hybridized carbons (Fsp3) is 0.364. The van der Waals surface area contributed by atoms with Crippen LogP contribution in [0.2, 0.25) is 0 Å². The lowest BCUT2D eigenvalue weighted by molar-refractivity contribution is -0.149. The van der Waals surface area contributed by atoms with E-state index >= 15 is 0 Å². The van der Waals surface area contributed by atoms with Gasteiger partial charge in [0, 0.05) is 5.56 Å². The van der Waals surface area contributed by atoms with Crippen molar-refractivity contribution >= 4 is 5.97 Å². The van der Waals surface area contributed by atoms with E-state index in [1.807, 2.05) is 0 Å². The van der Waals surface area contributed by atoms with Gasteiger partial charge in [-0.05, 0) is 12.1 Å². The summed E-state index contributed by atoms with van der Waals surface area (Å²) in [6.45, 7) is 0. The minimum absolute atomic E-state index is 0.106. The Labute approximate surface area is 106 Å². The van der Waals surface area contributed by atoms with Crippen molar-refractivity contribution in [2.24, 2.45) is 0 Å². The molecule has 0 saturated heterocycles. The number of aliphatic carboxylic acids is 1. The van der Waals surface area contributed by atoms with Crippen LogP contribution in [0.5, 0.6) is 11.5 Å². The van der Waals surface area contributed by atoms with E-state index < -0.39 is 35.1 Å². The zero-order chi connectivity index (χ0) is 14.8. The zero-order valence-electron chi connectivity index (χ0n) is 9.99. The number of hydrogen-bond donors (Lipinski definition) is 2. The molecular weight excluding hydrogens is 269 g/mol. The number of rotatable bonds is 4. The van der Waals surface area contributed by atoms with Crippen LogP contribution in [0.3, 0.4) is 0 Å². The first-order chi connectivity index (χ1) is 8.73. The molecule has 1 aromatic rings. The van der Waals surface area contributed by atoms with Crippen LogP contribution in [-0.2, 0) is 11.0 Å². The monoisotopic (exact) mass is 280 g/mol. The van der Waals surface area contributed by atoms with E-state index in [9.17, 15) is 23.1 Å². The van der Waals surface area contributed by atoms with Crippen molar-refractivity contribution in [1.82, 2.24) is 0 Å². The Balaban J connectivity index is 3.63. The number of halogens is 3. The fourth-order valence-electron chi connectivity index (χ4n) is 1.59. The number of carbonyl (C=O) groups is 1. The number of hydrogen-bond acceptors (Lipinski definition) is 4. The topological polar surface area (TPSA) is 76.0 Å². The number of aliphatic hydroxyl groups is 1.